The van der Waals surface area contributed by atoms with Gasteiger partial charge in [-0.1, -0.05) is 6.07 Å². The highest BCUT2D eigenvalue weighted by molar-refractivity contribution is 7.13. The van der Waals surface area contributed by atoms with Crippen LogP contribution in [0.5, 0.6) is 0 Å². The van der Waals surface area contributed by atoms with Crippen LogP contribution in [0.2, 0.25) is 0 Å². The summed E-state index contributed by atoms with van der Waals surface area (Å²) in [4.78, 5) is 20.1. The predicted molar refractivity (Wildman–Crippen MR) is 67.6 cm³/mol. The Morgan fingerprint density at radius 3 is 3.06 bits per heavy atom. The first-order valence-corrected chi connectivity index (χ1v) is 6.19. The van der Waals surface area contributed by atoms with E-state index in [-0.39, 0.29) is 6.42 Å². The van der Waals surface area contributed by atoms with E-state index in [1.165, 1.54) is 0 Å². The van der Waals surface area contributed by atoms with E-state index in [0.29, 0.717) is 11.5 Å². The molecule has 0 aliphatic carbocycles. The third kappa shape index (κ3) is 1.98. The van der Waals surface area contributed by atoms with Crippen molar-refractivity contribution in [3.8, 4) is 10.4 Å². The number of hydrogen-bond acceptors (Lipinski definition) is 4. The molecular weight excluding hydrogens is 250 g/mol. The van der Waals surface area contributed by atoms with Gasteiger partial charge < -0.3 is 5.11 Å². The largest absolute Gasteiger partial charge is 0.481 e. The van der Waals surface area contributed by atoms with Crippen molar-refractivity contribution in [1.82, 2.24) is 14.4 Å². The number of carbonyl (C=O) groups is 1. The van der Waals surface area contributed by atoms with Crippen LogP contribution in [0, 0.1) is 0 Å². The highest BCUT2D eigenvalue weighted by Gasteiger charge is 2.08. The lowest BCUT2D eigenvalue weighted by atomic mass is 10.3. The minimum absolute atomic E-state index is 0.0856. The summed E-state index contributed by atoms with van der Waals surface area (Å²) in [5, 5.41) is 10.7. The number of fused-ring (bicyclic) bond motifs is 1. The number of nitrogens with zero attached hydrogens (tertiary/aromatic N) is 3. The summed E-state index contributed by atoms with van der Waals surface area (Å²) in [6.45, 7) is 0. The Balaban J connectivity index is 2.04. The average Bonchev–Trinajstić information content (AvgIpc) is 2.94. The van der Waals surface area contributed by atoms with Gasteiger partial charge in [-0.25, -0.2) is 9.97 Å². The zero-order valence-electron chi connectivity index (χ0n) is 9.28. The van der Waals surface area contributed by atoms with Crippen LogP contribution >= 0.6 is 11.3 Å². The fraction of sp³-hybridized carbons (Fsp3) is 0.0833. The molecule has 0 saturated carbocycles. The van der Waals surface area contributed by atoms with Crippen LogP contribution in [0.15, 0.2) is 36.1 Å². The summed E-state index contributed by atoms with van der Waals surface area (Å²) >= 11 is 1.63. The van der Waals surface area contributed by atoms with Gasteiger partial charge in [0.25, 0.3) is 0 Å². The lowest BCUT2D eigenvalue weighted by molar-refractivity contribution is -0.136. The van der Waals surface area contributed by atoms with Crippen LogP contribution in [0.25, 0.3) is 16.2 Å². The molecule has 0 bridgehead atoms. The van der Waals surface area contributed by atoms with Crippen LogP contribution in [-0.2, 0) is 11.2 Å². The van der Waals surface area contributed by atoms with E-state index in [2.05, 4.69) is 9.97 Å². The third-order valence-electron chi connectivity index (χ3n) is 2.50. The maximum absolute atomic E-state index is 10.6. The summed E-state index contributed by atoms with van der Waals surface area (Å²) in [5.74, 6) is -0.372. The maximum atomic E-state index is 10.6. The van der Waals surface area contributed by atoms with Crippen molar-refractivity contribution in [3.63, 3.8) is 0 Å². The number of carboxylic acids is 1. The van der Waals surface area contributed by atoms with Gasteiger partial charge in [0.05, 0.1) is 12.1 Å². The van der Waals surface area contributed by atoms with E-state index < -0.39 is 5.97 Å². The van der Waals surface area contributed by atoms with Gasteiger partial charge in [0.15, 0.2) is 0 Å². The molecule has 0 atom stereocenters. The molecule has 6 heteroatoms. The molecule has 3 rings (SSSR count). The van der Waals surface area contributed by atoms with Gasteiger partial charge in [-0.15, -0.1) is 11.3 Å². The SMILES string of the molecule is O=C(O)Cc1cn2cc(-c3cccs3)cnc2n1. The van der Waals surface area contributed by atoms with Crippen molar-refractivity contribution in [2.24, 2.45) is 0 Å². The Morgan fingerprint density at radius 2 is 2.33 bits per heavy atom. The normalized spacial score (nSPS) is 10.9. The maximum Gasteiger partial charge on any atom is 0.309 e. The first-order chi connectivity index (χ1) is 8.72. The van der Waals surface area contributed by atoms with Crippen molar-refractivity contribution in [1.29, 1.82) is 0 Å². The van der Waals surface area contributed by atoms with Crippen molar-refractivity contribution in [3.05, 3.63) is 41.8 Å². The Labute approximate surface area is 106 Å². The third-order valence-corrected chi connectivity index (χ3v) is 3.42. The van der Waals surface area contributed by atoms with E-state index in [0.717, 1.165) is 10.4 Å². The van der Waals surface area contributed by atoms with Crippen molar-refractivity contribution in [2.75, 3.05) is 0 Å². The average molecular weight is 259 g/mol. The van der Waals surface area contributed by atoms with Gasteiger partial charge in [-0.2, -0.15) is 0 Å². The molecule has 3 aromatic heterocycles. The van der Waals surface area contributed by atoms with Crippen LogP contribution < -0.4 is 0 Å². The number of hydrogen-bond donors (Lipinski definition) is 1. The lowest BCUT2D eigenvalue weighted by Crippen LogP contribution is -1.99. The molecule has 3 heterocycles. The van der Waals surface area contributed by atoms with E-state index in [9.17, 15) is 4.79 Å². The molecule has 0 aliphatic rings. The Kier molecular flexibility index (Phi) is 2.56. The van der Waals surface area contributed by atoms with Crippen molar-refractivity contribution < 1.29 is 9.90 Å². The summed E-state index contributed by atoms with van der Waals surface area (Å²) in [5.41, 5.74) is 1.51. The van der Waals surface area contributed by atoms with E-state index in [4.69, 9.17) is 5.11 Å². The van der Waals surface area contributed by atoms with Crippen LogP contribution in [-0.4, -0.2) is 25.4 Å². The molecule has 5 nitrogen and oxygen atoms in total. The molecule has 0 spiro atoms. The summed E-state index contributed by atoms with van der Waals surface area (Å²) < 4.78 is 1.76. The van der Waals surface area contributed by atoms with Gasteiger partial charge in [-0.05, 0) is 11.4 Å². The smallest absolute Gasteiger partial charge is 0.309 e. The monoisotopic (exact) mass is 259 g/mol. The van der Waals surface area contributed by atoms with Gasteiger partial charge in [0.2, 0.25) is 5.78 Å². The molecule has 0 unspecified atom stereocenters. The summed E-state index contributed by atoms with van der Waals surface area (Å²) in [7, 11) is 0. The first kappa shape index (κ1) is 10.9. The van der Waals surface area contributed by atoms with Gasteiger partial charge >= 0.3 is 5.97 Å². The topological polar surface area (TPSA) is 67.5 Å². The molecule has 3 aromatic rings. The highest BCUT2D eigenvalue weighted by Crippen LogP contribution is 2.23. The van der Waals surface area contributed by atoms with Gasteiger partial charge in [-0.3, -0.25) is 9.20 Å². The Morgan fingerprint density at radius 1 is 1.44 bits per heavy atom. The minimum atomic E-state index is -0.892. The number of rotatable bonds is 3. The molecule has 18 heavy (non-hydrogen) atoms. The van der Waals surface area contributed by atoms with Crippen LogP contribution in [0.4, 0.5) is 0 Å². The molecule has 0 fully saturated rings. The number of aromatic nitrogens is 3. The second-order valence-corrected chi connectivity index (χ2v) is 4.78. The number of carboxylic acid groups (broad SMARTS) is 1. The van der Waals surface area contributed by atoms with E-state index >= 15 is 0 Å². The number of thiophene rings is 1. The molecule has 90 valence electrons. The molecule has 0 saturated heterocycles. The second-order valence-electron chi connectivity index (χ2n) is 3.83. The molecule has 0 aromatic carbocycles. The van der Waals surface area contributed by atoms with Crippen LogP contribution in [0.3, 0.4) is 0 Å². The van der Waals surface area contributed by atoms with E-state index in [1.54, 1.807) is 28.1 Å². The molecule has 0 amide bonds. The second kappa shape index (κ2) is 4.23. The molecular formula is C12H9N3O2S. The predicted octanol–water partition coefficient (Wildman–Crippen LogP) is 2.08. The molecule has 0 radical (unpaired) electrons. The fourth-order valence-corrected chi connectivity index (χ4v) is 2.45. The lowest BCUT2D eigenvalue weighted by Gasteiger charge is -1.97. The Bertz CT molecular complexity index is 703. The van der Waals surface area contributed by atoms with Gasteiger partial charge in [0, 0.05) is 29.0 Å². The number of imidazole rings is 1. The fourth-order valence-electron chi connectivity index (χ4n) is 1.74. The van der Waals surface area contributed by atoms with Crippen molar-refractivity contribution in [2.45, 2.75) is 6.42 Å². The minimum Gasteiger partial charge on any atom is -0.481 e. The molecule has 0 aliphatic heterocycles. The first-order valence-electron chi connectivity index (χ1n) is 5.32. The summed E-state index contributed by atoms with van der Waals surface area (Å²) in [6, 6.07) is 4.00. The van der Waals surface area contributed by atoms with Gasteiger partial charge in [0.1, 0.15) is 0 Å². The number of aliphatic carboxylic acids is 1. The zero-order valence-corrected chi connectivity index (χ0v) is 10.1. The van der Waals surface area contributed by atoms with E-state index in [1.807, 2.05) is 23.7 Å². The molecule has 1 N–H and O–H groups in total. The van der Waals surface area contributed by atoms with Crippen molar-refractivity contribution >= 4 is 23.1 Å². The summed E-state index contributed by atoms with van der Waals surface area (Å²) in [6.07, 6.45) is 5.27. The highest BCUT2D eigenvalue weighted by atomic mass is 32.1. The van der Waals surface area contributed by atoms with Crippen LogP contribution in [0.1, 0.15) is 5.69 Å². The Hall–Kier alpha value is -2.21. The quantitative estimate of drug-likeness (QED) is 0.782. The zero-order chi connectivity index (χ0) is 12.5. The standard InChI is InChI=1S/C12H9N3O2S/c16-11(17)4-9-7-15-6-8(5-13-12(15)14-9)10-2-1-3-18-10/h1-3,5-7H,4H2,(H,16,17).